The molecule has 3 rings (SSSR count). The number of sulfonamides is 1. The fourth-order valence-corrected chi connectivity index (χ4v) is 4.42. The van der Waals surface area contributed by atoms with Crippen LogP contribution in [0, 0.1) is 6.92 Å². The highest BCUT2D eigenvalue weighted by atomic mass is 35.5. The van der Waals surface area contributed by atoms with Crippen molar-refractivity contribution in [2.45, 2.75) is 11.8 Å². The van der Waals surface area contributed by atoms with Crippen LogP contribution >= 0.6 is 23.2 Å². The zero-order valence-corrected chi connectivity index (χ0v) is 16.4. The number of nitrogens with one attached hydrogen (secondary N) is 1. The van der Waals surface area contributed by atoms with Crippen LogP contribution in [0.5, 0.6) is 5.75 Å². The number of benzene rings is 2. The highest BCUT2D eigenvalue weighted by Crippen LogP contribution is 2.31. The third-order valence-corrected chi connectivity index (χ3v) is 6.25. The zero-order chi connectivity index (χ0) is 19.1. The quantitative estimate of drug-likeness (QED) is 0.832. The molecule has 1 amide bonds. The van der Waals surface area contributed by atoms with Gasteiger partial charge in [-0.05, 0) is 42.8 Å². The molecule has 26 heavy (non-hydrogen) atoms. The van der Waals surface area contributed by atoms with Crippen LogP contribution in [0.2, 0.25) is 10.0 Å². The lowest BCUT2D eigenvalue weighted by molar-refractivity contribution is 0.0796. The van der Waals surface area contributed by atoms with Gasteiger partial charge in [-0.2, -0.15) is 0 Å². The number of rotatable bonds is 3. The molecule has 2 aromatic carbocycles. The first kappa shape index (κ1) is 18.8. The average molecular weight is 415 g/mol. The summed E-state index contributed by atoms with van der Waals surface area (Å²) in [5.41, 5.74) is 1.12. The van der Waals surface area contributed by atoms with Gasteiger partial charge in [-0.15, -0.1) is 0 Å². The fourth-order valence-electron chi connectivity index (χ4n) is 2.53. The maximum Gasteiger partial charge on any atom is 0.263 e. The van der Waals surface area contributed by atoms with E-state index < -0.39 is 10.0 Å². The van der Waals surface area contributed by atoms with E-state index in [1.807, 2.05) is 0 Å². The third kappa shape index (κ3) is 3.60. The molecule has 0 unspecified atom stereocenters. The van der Waals surface area contributed by atoms with Crippen LogP contribution in [-0.4, -0.2) is 39.4 Å². The van der Waals surface area contributed by atoms with Crippen LogP contribution in [0.3, 0.4) is 0 Å². The summed E-state index contributed by atoms with van der Waals surface area (Å²) < 4.78 is 33.4. The molecule has 2 aromatic rings. The van der Waals surface area contributed by atoms with E-state index in [-0.39, 0.29) is 21.5 Å². The largest absolute Gasteiger partial charge is 0.491 e. The number of nitrogens with zero attached hydrogens (tertiary/aromatic N) is 1. The summed E-state index contributed by atoms with van der Waals surface area (Å²) in [6.45, 7) is 2.51. The molecule has 9 heteroatoms. The van der Waals surface area contributed by atoms with Crippen LogP contribution in [-0.2, 0) is 10.0 Å². The second kappa shape index (κ2) is 6.98. The molecule has 0 fully saturated rings. The highest BCUT2D eigenvalue weighted by Gasteiger charge is 2.24. The Morgan fingerprint density at radius 2 is 1.88 bits per heavy atom. The number of hydrogen-bond acceptors (Lipinski definition) is 4. The van der Waals surface area contributed by atoms with Gasteiger partial charge in [-0.3, -0.25) is 9.52 Å². The van der Waals surface area contributed by atoms with Crippen molar-refractivity contribution in [1.82, 2.24) is 4.90 Å². The summed E-state index contributed by atoms with van der Waals surface area (Å²) in [5, 5.41) is 0.395. The summed E-state index contributed by atoms with van der Waals surface area (Å²) >= 11 is 12.0. The molecule has 1 heterocycles. The predicted molar refractivity (Wildman–Crippen MR) is 101 cm³/mol. The fraction of sp³-hybridized carbons (Fsp3) is 0.235. The molecule has 0 aliphatic carbocycles. The minimum Gasteiger partial charge on any atom is -0.491 e. The van der Waals surface area contributed by atoms with E-state index in [0.717, 1.165) is 0 Å². The Balaban J connectivity index is 1.98. The number of fused-ring (bicyclic) bond motifs is 1. The van der Waals surface area contributed by atoms with Gasteiger partial charge in [0.15, 0.2) is 0 Å². The van der Waals surface area contributed by atoms with Crippen molar-refractivity contribution in [3.8, 4) is 5.75 Å². The van der Waals surface area contributed by atoms with Crippen LogP contribution in [0.1, 0.15) is 15.9 Å². The number of amides is 1. The van der Waals surface area contributed by atoms with E-state index in [9.17, 15) is 13.2 Å². The van der Waals surface area contributed by atoms with E-state index >= 15 is 0 Å². The molecule has 1 aliphatic rings. The SMILES string of the molecule is Cc1cc(S(=O)(=O)Nc2ccc3c(c2)C(=O)N(C)CCO3)c(Cl)cc1Cl. The van der Waals surface area contributed by atoms with Gasteiger partial charge in [0.2, 0.25) is 0 Å². The molecule has 0 spiro atoms. The Hall–Kier alpha value is -1.96. The van der Waals surface area contributed by atoms with Gasteiger partial charge < -0.3 is 9.64 Å². The summed E-state index contributed by atoms with van der Waals surface area (Å²) in [6, 6.07) is 7.34. The molecule has 0 saturated carbocycles. The van der Waals surface area contributed by atoms with Crippen molar-refractivity contribution in [1.29, 1.82) is 0 Å². The summed E-state index contributed by atoms with van der Waals surface area (Å²) in [5.74, 6) is 0.182. The molecular formula is C17H16Cl2N2O4S. The molecule has 0 atom stereocenters. The Morgan fingerprint density at radius 3 is 2.62 bits per heavy atom. The van der Waals surface area contributed by atoms with Gasteiger partial charge in [-0.25, -0.2) is 8.42 Å². The smallest absolute Gasteiger partial charge is 0.263 e. The van der Waals surface area contributed by atoms with Crippen LogP contribution in [0.25, 0.3) is 0 Å². The molecule has 0 saturated heterocycles. The molecule has 1 N–H and O–H groups in total. The van der Waals surface area contributed by atoms with Crippen molar-refractivity contribution in [2.24, 2.45) is 0 Å². The first-order valence-corrected chi connectivity index (χ1v) is 9.94. The second-order valence-corrected chi connectivity index (χ2v) is 8.39. The number of ether oxygens (including phenoxy) is 1. The minimum atomic E-state index is -3.96. The van der Waals surface area contributed by atoms with Crippen LogP contribution in [0.4, 0.5) is 5.69 Å². The van der Waals surface area contributed by atoms with E-state index in [4.69, 9.17) is 27.9 Å². The highest BCUT2D eigenvalue weighted by molar-refractivity contribution is 7.92. The number of likely N-dealkylation sites (N-methyl/N-ethyl adjacent to an activating group) is 1. The van der Waals surface area contributed by atoms with E-state index in [1.165, 1.54) is 29.2 Å². The number of anilines is 1. The molecule has 6 nitrogen and oxygen atoms in total. The molecule has 1 aliphatic heterocycles. The first-order chi connectivity index (χ1) is 12.2. The van der Waals surface area contributed by atoms with Crippen LogP contribution in [0.15, 0.2) is 35.2 Å². The Morgan fingerprint density at radius 1 is 1.15 bits per heavy atom. The Labute approximate surface area is 161 Å². The minimum absolute atomic E-state index is 0.0157. The van der Waals surface area contributed by atoms with Crippen molar-refractivity contribution >= 4 is 44.8 Å². The number of carbonyl (C=O) groups excluding carboxylic acids is 1. The summed E-state index contributed by atoms with van der Waals surface area (Å²) in [7, 11) is -2.30. The second-order valence-electron chi connectivity index (χ2n) is 5.92. The van der Waals surface area contributed by atoms with Gasteiger partial charge in [0.25, 0.3) is 15.9 Å². The van der Waals surface area contributed by atoms with Crippen molar-refractivity contribution in [2.75, 3.05) is 24.9 Å². The number of hydrogen-bond donors (Lipinski definition) is 1. The Bertz CT molecular complexity index is 992. The van der Waals surface area contributed by atoms with Gasteiger partial charge >= 0.3 is 0 Å². The number of aryl methyl sites for hydroxylation is 1. The van der Waals surface area contributed by atoms with Crippen molar-refractivity contribution < 1.29 is 17.9 Å². The van der Waals surface area contributed by atoms with Crippen molar-refractivity contribution in [3.05, 3.63) is 51.5 Å². The first-order valence-electron chi connectivity index (χ1n) is 7.70. The van der Waals surface area contributed by atoms with Crippen LogP contribution < -0.4 is 9.46 Å². The van der Waals surface area contributed by atoms with E-state index in [2.05, 4.69) is 4.72 Å². The standard InChI is InChI=1S/C17H16Cl2N2O4S/c1-10-7-16(14(19)9-13(10)18)26(23,24)20-11-3-4-15-12(8-11)17(22)21(2)5-6-25-15/h3-4,7-9,20H,5-6H2,1-2H3. The monoisotopic (exact) mass is 414 g/mol. The topological polar surface area (TPSA) is 75.7 Å². The predicted octanol–water partition coefficient (Wildman–Crippen LogP) is 3.57. The third-order valence-electron chi connectivity index (χ3n) is 4.00. The zero-order valence-electron chi connectivity index (χ0n) is 14.0. The molecule has 138 valence electrons. The maximum absolute atomic E-state index is 12.7. The van der Waals surface area contributed by atoms with Gasteiger partial charge in [0.05, 0.1) is 17.1 Å². The number of halogens is 2. The molecule has 0 bridgehead atoms. The molecular weight excluding hydrogens is 399 g/mol. The maximum atomic E-state index is 12.7. The Kier molecular flexibility index (Phi) is 5.05. The summed E-state index contributed by atoms with van der Waals surface area (Å²) in [4.78, 5) is 13.8. The van der Waals surface area contributed by atoms with Gasteiger partial charge in [-0.1, -0.05) is 23.2 Å². The van der Waals surface area contributed by atoms with E-state index in [1.54, 1.807) is 20.0 Å². The lowest BCUT2D eigenvalue weighted by Crippen LogP contribution is -2.27. The summed E-state index contributed by atoms with van der Waals surface area (Å²) in [6.07, 6.45) is 0. The average Bonchev–Trinajstić information content (AvgIpc) is 2.70. The normalized spacial score (nSPS) is 14.5. The van der Waals surface area contributed by atoms with Crippen molar-refractivity contribution in [3.63, 3.8) is 0 Å². The lowest BCUT2D eigenvalue weighted by atomic mass is 10.1. The van der Waals surface area contributed by atoms with Gasteiger partial charge in [0, 0.05) is 17.8 Å². The van der Waals surface area contributed by atoms with Gasteiger partial charge in [0.1, 0.15) is 17.3 Å². The molecule has 0 aromatic heterocycles. The number of carbonyl (C=O) groups is 1. The lowest BCUT2D eigenvalue weighted by Gasteiger charge is -2.14. The molecule has 0 radical (unpaired) electrons. The van der Waals surface area contributed by atoms with E-state index in [0.29, 0.717) is 35.1 Å².